The molecule has 0 aromatic carbocycles. The van der Waals surface area contributed by atoms with Crippen molar-refractivity contribution in [1.29, 1.82) is 0 Å². The summed E-state index contributed by atoms with van der Waals surface area (Å²) in [6, 6.07) is -0.404. The third kappa shape index (κ3) is 1.37. The molecular formula is C8H15NO4. The van der Waals surface area contributed by atoms with Gasteiger partial charge in [0, 0.05) is 13.1 Å². The average Bonchev–Trinajstić information content (AvgIpc) is 2.43. The third-order valence-corrected chi connectivity index (χ3v) is 3.04. The first kappa shape index (κ1) is 9.36. The van der Waals surface area contributed by atoms with Gasteiger partial charge in [0.1, 0.15) is 12.2 Å². The summed E-state index contributed by atoms with van der Waals surface area (Å²) < 4.78 is 0. The molecule has 0 amide bonds. The van der Waals surface area contributed by atoms with Crippen molar-refractivity contribution in [2.75, 3.05) is 13.1 Å². The number of hydrogen-bond donors (Lipinski definition) is 4. The number of piperidine rings is 1. The predicted molar refractivity (Wildman–Crippen MR) is 44.0 cm³/mol. The molecule has 2 unspecified atom stereocenters. The Hall–Kier alpha value is -0.200. The maximum Gasteiger partial charge on any atom is 0.109 e. The first-order valence-electron chi connectivity index (χ1n) is 4.57. The molecule has 0 spiro atoms. The van der Waals surface area contributed by atoms with Crippen molar-refractivity contribution in [2.45, 2.75) is 36.9 Å². The number of rotatable bonds is 0. The zero-order chi connectivity index (χ0) is 9.59. The highest BCUT2D eigenvalue weighted by Crippen LogP contribution is 2.27. The van der Waals surface area contributed by atoms with Crippen LogP contribution in [-0.2, 0) is 0 Å². The van der Waals surface area contributed by atoms with Crippen molar-refractivity contribution in [3.63, 3.8) is 0 Å². The molecule has 0 bridgehead atoms. The van der Waals surface area contributed by atoms with Crippen molar-refractivity contribution >= 4 is 0 Å². The monoisotopic (exact) mass is 189 g/mol. The summed E-state index contributed by atoms with van der Waals surface area (Å²) in [6.07, 6.45) is -3.06. The second kappa shape index (κ2) is 3.18. The first-order valence-corrected chi connectivity index (χ1v) is 4.57. The van der Waals surface area contributed by atoms with Gasteiger partial charge in [-0.05, 0) is 6.42 Å². The molecule has 5 atom stereocenters. The van der Waals surface area contributed by atoms with Gasteiger partial charge in [-0.15, -0.1) is 0 Å². The largest absolute Gasteiger partial charge is 0.391 e. The number of fused-ring (bicyclic) bond motifs is 1. The minimum atomic E-state index is -1.13. The second-order valence-electron chi connectivity index (χ2n) is 3.89. The van der Waals surface area contributed by atoms with E-state index in [1.165, 1.54) is 0 Å². The summed E-state index contributed by atoms with van der Waals surface area (Å²) in [4.78, 5) is 1.83. The molecule has 0 saturated carbocycles. The van der Waals surface area contributed by atoms with Gasteiger partial charge >= 0.3 is 0 Å². The minimum absolute atomic E-state index is 0.333. The van der Waals surface area contributed by atoms with Crippen LogP contribution < -0.4 is 0 Å². The molecule has 2 aliphatic heterocycles. The Bertz CT molecular complexity index is 201. The molecular weight excluding hydrogens is 174 g/mol. The number of nitrogens with zero attached hydrogens (tertiary/aromatic N) is 1. The molecule has 2 rings (SSSR count). The van der Waals surface area contributed by atoms with Crippen molar-refractivity contribution < 1.29 is 20.4 Å². The molecule has 0 radical (unpaired) electrons. The lowest BCUT2D eigenvalue weighted by molar-refractivity contribution is -0.140. The lowest BCUT2D eigenvalue weighted by Crippen LogP contribution is -2.61. The fourth-order valence-corrected chi connectivity index (χ4v) is 2.30. The zero-order valence-corrected chi connectivity index (χ0v) is 7.24. The average molecular weight is 189 g/mol. The summed E-state index contributed by atoms with van der Waals surface area (Å²) in [5.74, 6) is 0. The van der Waals surface area contributed by atoms with Gasteiger partial charge in [-0.3, -0.25) is 4.90 Å². The van der Waals surface area contributed by atoms with Crippen LogP contribution in [0.2, 0.25) is 0 Å². The zero-order valence-electron chi connectivity index (χ0n) is 7.24. The summed E-state index contributed by atoms with van der Waals surface area (Å²) in [6.45, 7) is 1.01. The van der Waals surface area contributed by atoms with Crippen LogP contribution in [0, 0.1) is 0 Å². The Morgan fingerprint density at radius 3 is 2.31 bits per heavy atom. The van der Waals surface area contributed by atoms with Crippen LogP contribution in [0.1, 0.15) is 6.42 Å². The van der Waals surface area contributed by atoms with Gasteiger partial charge in [-0.2, -0.15) is 0 Å². The van der Waals surface area contributed by atoms with Gasteiger partial charge in [-0.25, -0.2) is 0 Å². The normalized spacial score (nSPS) is 52.2. The van der Waals surface area contributed by atoms with Crippen molar-refractivity contribution in [3.8, 4) is 0 Å². The van der Waals surface area contributed by atoms with Crippen LogP contribution >= 0.6 is 0 Å². The van der Waals surface area contributed by atoms with Crippen molar-refractivity contribution in [1.82, 2.24) is 4.90 Å². The summed E-state index contributed by atoms with van der Waals surface area (Å²) >= 11 is 0. The summed E-state index contributed by atoms with van der Waals surface area (Å²) in [5, 5.41) is 37.8. The Balaban J connectivity index is 2.15. The van der Waals surface area contributed by atoms with Crippen LogP contribution in [0.15, 0.2) is 0 Å². The lowest BCUT2D eigenvalue weighted by atomic mass is 9.93. The number of aliphatic hydroxyl groups excluding tert-OH is 4. The quantitative estimate of drug-likeness (QED) is 0.339. The van der Waals surface area contributed by atoms with Gasteiger partial charge in [0.25, 0.3) is 0 Å². The molecule has 2 heterocycles. The van der Waals surface area contributed by atoms with Crippen LogP contribution in [0.4, 0.5) is 0 Å². The van der Waals surface area contributed by atoms with E-state index in [-0.39, 0.29) is 0 Å². The molecule has 5 heteroatoms. The van der Waals surface area contributed by atoms with Crippen LogP contribution in [-0.4, -0.2) is 68.9 Å². The van der Waals surface area contributed by atoms with Crippen LogP contribution in [0.5, 0.6) is 0 Å². The summed E-state index contributed by atoms with van der Waals surface area (Å²) in [5.41, 5.74) is 0. The Morgan fingerprint density at radius 1 is 0.923 bits per heavy atom. The van der Waals surface area contributed by atoms with Gasteiger partial charge < -0.3 is 20.4 Å². The molecule has 0 aliphatic carbocycles. The van der Waals surface area contributed by atoms with E-state index in [0.29, 0.717) is 19.5 Å². The molecule has 2 aliphatic rings. The van der Waals surface area contributed by atoms with Crippen LogP contribution in [0.3, 0.4) is 0 Å². The molecule has 0 aromatic rings. The Labute approximate surface area is 76.2 Å². The standard InChI is InChI=1S/C8H15NO4/c10-4-1-2-9-3-5(11)7(12)8(13)6(4)9/h4-8,10-13H,1-3H2/t4-,5?,6?,7+,8+/m0/s1. The van der Waals surface area contributed by atoms with E-state index in [4.69, 9.17) is 0 Å². The van der Waals surface area contributed by atoms with Crippen molar-refractivity contribution in [2.24, 2.45) is 0 Å². The highest BCUT2D eigenvalue weighted by atomic mass is 16.4. The van der Waals surface area contributed by atoms with Gasteiger partial charge in [0.2, 0.25) is 0 Å². The fraction of sp³-hybridized carbons (Fsp3) is 1.00. The Morgan fingerprint density at radius 2 is 1.62 bits per heavy atom. The minimum Gasteiger partial charge on any atom is -0.391 e. The van der Waals surface area contributed by atoms with Crippen LogP contribution in [0.25, 0.3) is 0 Å². The molecule has 5 nitrogen and oxygen atoms in total. The van der Waals surface area contributed by atoms with E-state index in [2.05, 4.69) is 0 Å². The van der Waals surface area contributed by atoms with E-state index in [0.717, 1.165) is 0 Å². The van der Waals surface area contributed by atoms with Gasteiger partial charge in [0.15, 0.2) is 0 Å². The molecule has 4 N–H and O–H groups in total. The SMILES string of the molecule is OC1CN2CC[C@H](O)C2[C@@H](O)[C@@H]1O. The maximum atomic E-state index is 9.58. The van der Waals surface area contributed by atoms with Gasteiger partial charge in [-0.1, -0.05) is 0 Å². The smallest absolute Gasteiger partial charge is 0.109 e. The second-order valence-corrected chi connectivity index (χ2v) is 3.89. The Kier molecular flexibility index (Phi) is 2.29. The first-order chi connectivity index (χ1) is 6.11. The fourth-order valence-electron chi connectivity index (χ4n) is 2.30. The molecule has 13 heavy (non-hydrogen) atoms. The van der Waals surface area contributed by atoms with Gasteiger partial charge in [0.05, 0.1) is 18.2 Å². The van der Waals surface area contributed by atoms with E-state index < -0.39 is 30.5 Å². The van der Waals surface area contributed by atoms with Crippen molar-refractivity contribution in [3.05, 3.63) is 0 Å². The molecule has 76 valence electrons. The van der Waals surface area contributed by atoms with E-state index in [1.54, 1.807) is 0 Å². The van der Waals surface area contributed by atoms with E-state index in [9.17, 15) is 20.4 Å². The van der Waals surface area contributed by atoms with E-state index >= 15 is 0 Å². The van der Waals surface area contributed by atoms with E-state index in [1.807, 2.05) is 4.90 Å². The maximum absolute atomic E-state index is 9.58. The number of aliphatic hydroxyl groups is 4. The topological polar surface area (TPSA) is 84.2 Å². The lowest BCUT2D eigenvalue weighted by Gasteiger charge is -2.40. The predicted octanol–water partition coefficient (Wildman–Crippen LogP) is -2.48. The summed E-state index contributed by atoms with van der Waals surface area (Å²) in [7, 11) is 0. The third-order valence-electron chi connectivity index (χ3n) is 3.04. The highest BCUT2D eigenvalue weighted by Gasteiger charge is 2.47. The number of hydrogen-bond acceptors (Lipinski definition) is 5. The molecule has 2 saturated heterocycles. The molecule has 2 fully saturated rings. The highest BCUT2D eigenvalue weighted by molar-refractivity contribution is 5.01. The molecule has 0 aromatic heterocycles.